The maximum absolute atomic E-state index is 12.7. The van der Waals surface area contributed by atoms with Crippen LogP contribution < -0.4 is 11.1 Å². The van der Waals surface area contributed by atoms with Crippen LogP contribution in [0.2, 0.25) is 0 Å². The van der Waals surface area contributed by atoms with Crippen LogP contribution in [0.4, 0.5) is 5.69 Å². The molecule has 0 aliphatic carbocycles. The largest absolute Gasteiger partial charge is 0.469 e. The molecular weight excluding hydrogens is 354 g/mol. The standard InChI is InChI=1S/C19H23N3O3.ClH/c1-12-3-4-14(20)11-17(12)19(24)22-8-5-15(6-9-22)21-18(23)16-7-10-25-13(16)2;/h3-4,7,10-11,15H,5-6,8-9,20H2,1-2H3,(H,21,23);1H. The number of carbonyl (C=O) groups is 2. The van der Waals surface area contributed by atoms with E-state index in [2.05, 4.69) is 5.32 Å². The molecular formula is C19H24ClN3O3. The Hall–Kier alpha value is -2.47. The highest BCUT2D eigenvalue weighted by Gasteiger charge is 2.26. The molecule has 3 N–H and O–H groups in total. The Bertz CT molecular complexity index is 795. The fourth-order valence-corrected chi connectivity index (χ4v) is 3.15. The van der Waals surface area contributed by atoms with Crippen molar-refractivity contribution in [2.75, 3.05) is 18.8 Å². The lowest BCUT2D eigenvalue weighted by Gasteiger charge is -2.32. The summed E-state index contributed by atoms with van der Waals surface area (Å²) in [5, 5.41) is 3.02. The summed E-state index contributed by atoms with van der Waals surface area (Å²) >= 11 is 0. The number of hydrogen-bond donors (Lipinski definition) is 2. The second-order valence-corrected chi connectivity index (χ2v) is 6.50. The number of piperidine rings is 1. The molecule has 7 heteroatoms. The molecule has 0 bridgehead atoms. The van der Waals surface area contributed by atoms with Gasteiger partial charge in [-0.25, -0.2) is 0 Å². The number of nitrogens with two attached hydrogens (primary N) is 1. The number of anilines is 1. The summed E-state index contributed by atoms with van der Waals surface area (Å²) in [7, 11) is 0. The summed E-state index contributed by atoms with van der Waals surface area (Å²) in [5.41, 5.74) is 8.53. The van der Waals surface area contributed by atoms with Crippen LogP contribution >= 0.6 is 12.4 Å². The lowest BCUT2D eigenvalue weighted by molar-refractivity contribution is 0.0697. The van der Waals surface area contributed by atoms with E-state index in [-0.39, 0.29) is 30.3 Å². The summed E-state index contributed by atoms with van der Waals surface area (Å²) < 4.78 is 5.17. The third-order valence-corrected chi connectivity index (χ3v) is 4.71. The number of halogens is 1. The van der Waals surface area contributed by atoms with Crippen molar-refractivity contribution in [2.45, 2.75) is 32.7 Å². The Labute approximate surface area is 159 Å². The van der Waals surface area contributed by atoms with Crippen molar-refractivity contribution in [3.05, 3.63) is 53.0 Å². The second-order valence-electron chi connectivity index (χ2n) is 6.50. The minimum atomic E-state index is -0.122. The van der Waals surface area contributed by atoms with Crippen molar-refractivity contribution in [2.24, 2.45) is 0 Å². The number of aryl methyl sites for hydroxylation is 2. The first kappa shape index (κ1) is 19.8. The normalized spacial score (nSPS) is 14.6. The summed E-state index contributed by atoms with van der Waals surface area (Å²) in [5.74, 6) is 0.491. The molecule has 2 amide bonds. The first-order chi connectivity index (χ1) is 12.0. The van der Waals surface area contributed by atoms with Crippen molar-refractivity contribution >= 4 is 29.9 Å². The van der Waals surface area contributed by atoms with Gasteiger partial charge in [0.1, 0.15) is 5.76 Å². The number of nitrogens with one attached hydrogen (secondary N) is 1. The average molecular weight is 378 g/mol. The van der Waals surface area contributed by atoms with Gasteiger partial charge in [-0.3, -0.25) is 9.59 Å². The zero-order valence-electron chi connectivity index (χ0n) is 15.0. The van der Waals surface area contributed by atoms with Gasteiger partial charge in [-0.15, -0.1) is 12.4 Å². The molecule has 0 radical (unpaired) electrons. The SMILES string of the molecule is Cc1ccc(N)cc1C(=O)N1CCC(NC(=O)c2ccoc2C)CC1.Cl. The van der Waals surface area contributed by atoms with Gasteiger partial charge in [0.25, 0.3) is 11.8 Å². The molecule has 1 aliphatic heterocycles. The zero-order valence-corrected chi connectivity index (χ0v) is 15.8. The van der Waals surface area contributed by atoms with Crippen molar-refractivity contribution in [1.29, 1.82) is 0 Å². The van der Waals surface area contributed by atoms with E-state index in [4.69, 9.17) is 10.2 Å². The summed E-state index contributed by atoms with van der Waals surface area (Å²) in [6.07, 6.45) is 2.98. The minimum absolute atomic E-state index is 0. The molecule has 140 valence electrons. The van der Waals surface area contributed by atoms with Gasteiger partial charge in [0.05, 0.1) is 11.8 Å². The molecule has 3 rings (SSSR count). The van der Waals surface area contributed by atoms with Gasteiger partial charge < -0.3 is 20.4 Å². The number of furan rings is 1. The van der Waals surface area contributed by atoms with Crippen LogP contribution in [0.3, 0.4) is 0 Å². The highest BCUT2D eigenvalue weighted by molar-refractivity contribution is 5.97. The van der Waals surface area contributed by atoms with Crippen molar-refractivity contribution in [1.82, 2.24) is 10.2 Å². The van der Waals surface area contributed by atoms with Gasteiger partial charge in [-0.05, 0) is 50.5 Å². The molecule has 1 fully saturated rings. The first-order valence-corrected chi connectivity index (χ1v) is 8.46. The van der Waals surface area contributed by atoms with Gasteiger partial charge >= 0.3 is 0 Å². The Morgan fingerprint density at radius 2 is 1.85 bits per heavy atom. The number of carbonyl (C=O) groups excluding carboxylic acids is 2. The average Bonchev–Trinajstić information content (AvgIpc) is 3.03. The monoisotopic (exact) mass is 377 g/mol. The Balaban J connectivity index is 0.00000243. The Morgan fingerprint density at radius 3 is 2.46 bits per heavy atom. The fourth-order valence-electron chi connectivity index (χ4n) is 3.15. The quantitative estimate of drug-likeness (QED) is 0.805. The number of amides is 2. The maximum Gasteiger partial charge on any atom is 0.255 e. The van der Waals surface area contributed by atoms with Crippen LogP contribution in [-0.4, -0.2) is 35.8 Å². The topological polar surface area (TPSA) is 88.6 Å². The zero-order chi connectivity index (χ0) is 18.0. The summed E-state index contributed by atoms with van der Waals surface area (Å²) in [6, 6.07) is 7.13. The molecule has 26 heavy (non-hydrogen) atoms. The highest BCUT2D eigenvalue weighted by Crippen LogP contribution is 2.19. The van der Waals surface area contributed by atoms with Crippen LogP contribution in [0.15, 0.2) is 34.9 Å². The van der Waals surface area contributed by atoms with Gasteiger partial charge in [0.2, 0.25) is 0 Å². The van der Waals surface area contributed by atoms with Gasteiger partial charge in [-0.1, -0.05) is 6.07 Å². The van der Waals surface area contributed by atoms with E-state index in [0.717, 1.165) is 18.4 Å². The molecule has 6 nitrogen and oxygen atoms in total. The van der Waals surface area contributed by atoms with E-state index in [0.29, 0.717) is 35.7 Å². The minimum Gasteiger partial charge on any atom is -0.469 e. The lowest BCUT2D eigenvalue weighted by atomic mass is 10.0. The number of benzene rings is 1. The van der Waals surface area contributed by atoms with Crippen LogP contribution in [0.1, 0.15) is 44.9 Å². The predicted molar refractivity (Wildman–Crippen MR) is 103 cm³/mol. The summed E-state index contributed by atoms with van der Waals surface area (Å²) in [4.78, 5) is 26.8. The maximum atomic E-state index is 12.7. The molecule has 2 aromatic rings. The molecule has 0 unspecified atom stereocenters. The van der Waals surface area contributed by atoms with Crippen LogP contribution in [0, 0.1) is 13.8 Å². The molecule has 0 spiro atoms. The van der Waals surface area contributed by atoms with Crippen LogP contribution in [0.5, 0.6) is 0 Å². The van der Waals surface area contributed by atoms with E-state index < -0.39 is 0 Å². The first-order valence-electron chi connectivity index (χ1n) is 8.46. The smallest absolute Gasteiger partial charge is 0.255 e. The number of likely N-dealkylation sites (tertiary alicyclic amines) is 1. The van der Waals surface area contributed by atoms with E-state index in [1.165, 1.54) is 6.26 Å². The number of nitrogen functional groups attached to an aromatic ring is 1. The van der Waals surface area contributed by atoms with Gasteiger partial charge in [0.15, 0.2) is 0 Å². The van der Waals surface area contributed by atoms with Crippen molar-refractivity contribution < 1.29 is 14.0 Å². The third-order valence-electron chi connectivity index (χ3n) is 4.71. The van der Waals surface area contributed by atoms with E-state index in [1.807, 2.05) is 17.9 Å². The molecule has 1 aromatic carbocycles. The second kappa shape index (κ2) is 8.27. The number of nitrogens with zero attached hydrogens (tertiary/aromatic N) is 1. The fraction of sp³-hybridized carbons (Fsp3) is 0.368. The van der Waals surface area contributed by atoms with Gasteiger partial charge in [0, 0.05) is 30.4 Å². The molecule has 0 saturated carbocycles. The number of hydrogen-bond acceptors (Lipinski definition) is 4. The molecule has 2 heterocycles. The third kappa shape index (κ3) is 4.19. The van der Waals surface area contributed by atoms with Crippen LogP contribution in [0.25, 0.3) is 0 Å². The molecule has 1 aliphatic rings. The predicted octanol–water partition coefficient (Wildman–Crippen LogP) is 2.94. The van der Waals surface area contributed by atoms with Crippen molar-refractivity contribution in [3.63, 3.8) is 0 Å². The van der Waals surface area contributed by atoms with E-state index in [1.54, 1.807) is 25.1 Å². The van der Waals surface area contributed by atoms with Gasteiger partial charge in [-0.2, -0.15) is 0 Å². The highest BCUT2D eigenvalue weighted by atomic mass is 35.5. The Morgan fingerprint density at radius 1 is 1.15 bits per heavy atom. The van der Waals surface area contributed by atoms with Crippen molar-refractivity contribution in [3.8, 4) is 0 Å². The van der Waals surface area contributed by atoms with E-state index >= 15 is 0 Å². The lowest BCUT2D eigenvalue weighted by Crippen LogP contribution is -2.46. The molecule has 1 aromatic heterocycles. The Kier molecular flexibility index (Phi) is 6.32. The molecule has 0 atom stereocenters. The van der Waals surface area contributed by atoms with Crippen LogP contribution in [-0.2, 0) is 0 Å². The molecule has 1 saturated heterocycles. The summed E-state index contributed by atoms with van der Waals surface area (Å²) in [6.45, 7) is 4.90. The number of rotatable bonds is 3. The van der Waals surface area contributed by atoms with E-state index in [9.17, 15) is 9.59 Å².